The Morgan fingerprint density at radius 1 is 0.679 bits per heavy atom. The van der Waals surface area contributed by atoms with Crippen molar-refractivity contribution in [1.82, 2.24) is 10.6 Å². The van der Waals surface area contributed by atoms with Gasteiger partial charge in [-0.25, -0.2) is 4.79 Å². The summed E-state index contributed by atoms with van der Waals surface area (Å²) in [5.41, 5.74) is 22.2. The summed E-state index contributed by atoms with van der Waals surface area (Å²) in [5.74, 6) is -2.07. The minimum atomic E-state index is -1.11. The zero-order valence-corrected chi connectivity index (χ0v) is 16.7. The molecule has 164 valence electrons. The van der Waals surface area contributed by atoms with Crippen LogP contribution in [0.25, 0.3) is 0 Å². The maximum absolute atomic E-state index is 12.6. The number of rotatable bonds is 17. The van der Waals surface area contributed by atoms with Gasteiger partial charge in [0.1, 0.15) is 12.1 Å². The van der Waals surface area contributed by atoms with Gasteiger partial charge in [0.05, 0.1) is 6.04 Å². The number of carbonyl (C=O) groups is 3. The molecule has 3 atom stereocenters. The molecule has 2 amide bonds. The molecule has 10 heteroatoms. The Labute approximate surface area is 167 Å². The standard InChI is InChI=1S/C18H38N6O4/c19-10-4-1-7-13(22)16(25)23-14(8-2-5-11-20)17(26)24-15(18(27)28)9-3-6-12-21/h13-15H,1-12,19-22H2,(H,23,25)(H,24,26)(H,27,28)/t13-,14+,15+/m0/s1. The lowest BCUT2D eigenvalue weighted by atomic mass is 10.0. The molecule has 0 saturated carbocycles. The number of hydrogen-bond donors (Lipinski definition) is 7. The van der Waals surface area contributed by atoms with Gasteiger partial charge in [-0.15, -0.1) is 0 Å². The van der Waals surface area contributed by atoms with E-state index in [0.717, 1.165) is 12.8 Å². The van der Waals surface area contributed by atoms with E-state index >= 15 is 0 Å². The van der Waals surface area contributed by atoms with Crippen LogP contribution in [0.4, 0.5) is 0 Å². The number of carboxylic acids is 1. The van der Waals surface area contributed by atoms with Crippen LogP contribution in [-0.2, 0) is 14.4 Å². The molecule has 0 aromatic rings. The third-order valence-corrected chi connectivity index (χ3v) is 4.45. The van der Waals surface area contributed by atoms with Crippen molar-refractivity contribution in [3.05, 3.63) is 0 Å². The molecule has 0 radical (unpaired) electrons. The average Bonchev–Trinajstić information content (AvgIpc) is 2.66. The molecule has 0 heterocycles. The molecule has 0 aromatic heterocycles. The fraction of sp³-hybridized carbons (Fsp3) is 0.833. The number of nitrogens with one attached hydrogen (secondary N) is 2. The zero-order valence-electron chi connectivity index (χ0n) is 16.7. The van der Waals surface area contributed by atoms with Gasteiger partial charge in [-0.1, -0.05) is 6.42 Å². The van der Waals surface area contributed by atoms with Crippen LogP contribution in [0.1, 0.15) is 57.8 Å². The topological polar surface area (TPSA) is 200 Å². The van der Waals surface area contributed by atoms with Crippen LogP contribution >= 0.6 is 0 Å². The Balaban J connectivity index is 4.86. The molecule has 0 rings (SSSR count). The number of carbonyl (C=O) groups excluding carboxylic acids is 2. The molecule has 0 aliphatic carbocycles. The summed E-state index contributed by atoms with van der Waals surface area (Å²) in [6.45, 7) is 1.46. The first-order valence-corrected chi connectivity index (χ1v) is 10.1. The average molecular weight is 403 g/mol. The Hall–Kier alpha value is -1.75. The van der Waals surface area contributed by atoms with Gasteiger partial charge >= 0.3 is 5.97 Å². The quantitative estimate of drug-likeness (QED) is 0.146. The van der Waals surface area contributed by atoms with Crippen LogP contribution < -0.4 is 33.6 Å². The molecule has 0 fully saturated rings. The second-order valence-electron chi connectivity index (χ2n) is 6.92. The van der Waals surface area contributed by atoms with E-state index in [1.54, 1.807) is 0 Å². The summed E-state index contributed by atoms with van der Waals surface area (Å²) in [4.78, 5) is 36.3. The van der Waals surface area contributed by atoms with E-state index in [0.29, 0.717) is 58.2 Å². The number of nitrogens with two attached hydrogens (primary N) is 4. The van der Waals surface area contributed by atoms with Crippen LogP contribution in [-0.4, -0.2) is 60.6 Å². The molecule has 10 nitrogen and oxygen atoms in total. The van der Waals surface area contributed by atoms with Crippen LogP contribution in [0.5, 0.6) is 0 Å². The minimum absolute atomic E-state index is 0.278. The SMILES string of the molecule is NCCCC[C@H](N)C(=O)N[C@H](CCCCN)C(=O)N[C@H](CCCCN)C(=O)O. The van der Waals surface area contributed by atoms with Gasteiger partial charge in [0.25, 0.3) is 0 Å². The predicted molar refractivity (Wildman–Crippen MR) is 108 cm³/mol. The smallest absolute Gasteiger partial charge is 0.326 e. The zero-order chi connectivity index (χ0) is 21.4. The van der Waals surface area contributed by atoms with E-state index in [1.807, 2.05) is 0 Å². The highest BCUT2D eigenvalue weighted by Gasteiger charge is 2.27. The van der Waals surface area contributed by atoms with Gasteiger partial charge in [0, 0.05) is 0 Å². The van der Waals surface area contributed by atoms with Crippen molar-refractivity contribution >= 4 is 17.8 Å². The molecule has 28 heavy (non-hydrogen) atoms. The van der Waals surface area contributed by atoms with Gasteiger partial charge in [-0.2, -0.15) is 0 Å². The van der Waals surface area contributed by atoms with Crippen molar-refractivity contribution < 1.29 is 19.5 Å². The summed E-state index contributed by atoms with van der Waals surface area (Å²) >= 11 is 0. The molecular weight excluding hydrogens is 364 g/mol. The third-order valence-electron chi connectivity index (χ3n) is 4.45. The van der Waals surface area contributed by atoms with Crippen LogP contribution in [0.2, 0.25) is 0 Å². The van der Waals surface area contributed by atoms with E-state index in [-0.39, 0.29) is 6.42 Å². The first-order chi connectivity index (χ1) is 13.4. The Morgan fingerprint density at radius 3 is 1.57 bits per heavy atom. The van der Waals surface area contributed by atoms with E-state index in [4.69, 9.17) is 22.9 Å². The van der Waals surface area contributed by atoms with Gasteiger partial charge in [0.2, 0.25) is 11.8 Å². The van der Waals surface area contributed by atoms with Crippen LogP contribution in [0.15, 0.2) is 0 Å². The number of aliphatic carboxylic acids is 1. The lowest BCUT2D eigenvalue weighted by Gasteiger charge is -2.23. The Kier molecular flexibility index (Phi) is 15.2. The normalized spacial score (nSPS) is 14.1. The van der Waals surface area contributed by atoms with Crippen molar-refractivity contribution in [1.29, 1.82) is 0 Å². The molecule has 0 saturated heterocycles. The summed E-state index contributed by atoms with van der Waals surface area (Å²) in [6, 6.07) is -2.61. The number of amides is 2. The molecule has 0 aliphatic rings. The van der Waals surface area contributed by atoms with E-state index in [9.17, 15) is 19.5 Å². The Bertz CT molecular complexity index is 463. The summed E-state index contributed by atoms with van der Waals surface area (Å²) in [7, 11) is 0. The lowest BCUT2D eigenvalue weighted by Crippen LogP contribution is -2.54. The van der Waals surface area contributed by atoms with E-state index < -0.39 is 35.9 Å². The van der Waals surface area contributed by atoms with Crippen molar-refractivity contribution in [3.8, 4) is 0 Å². The van der Waals surface area contributed by atoms with Crippen LogP contribution in [0, 0.1) is 0 Å². The third kappa shape index (κ3) is 11.9. The monoisotopic (exact) mass is 402 g/mol. The van der Waals surface area contributed by atoms with Gasteiger partial charge < -0.3 is 38.7 Å². The summed E-state index contributed by atoms with van der Waals surface area (Å²) in [6.07, 6.45) is 5.18. The highest BCUT2D eigenvalue weighted by molar-refractivity contribution is 5.91. The van der Waals surface area contributed by atoms with Crippen LogP contribution in [0.3, 0.4) is 0 Å². The largest absolute Gasteiger partial charge is 0.480 e. The second-order valence-corrected chi connectivity index (χ2v) is 6.92. The molecule has 0 spiro atoms. The number of hydrogen-bond acceptors (Lipinski definition) is 7. The van der Waals surface area contributed by atoms with Gasteiger partial charge in [-0.05, 0) is 71.0 Å². The van der Waals surface area contributed by atoms with Crippen molar-refractivity contribution in [2.75, 3.05) is 19.6 Å². The lowest BCUT2D eigenvalue weighted by molar-refractivity contribution is -0.142. The van der Waals surface area contributed by atoms with E-state index in [2.05, 4.69) is 10.6 Å². The van der Waals surface area contributed by atoms with Crippen molar-refractivity contribution in [3.63, 3.8) is 0 Å². The van der Waals surface area contributed by atoms with Gasteiger partial charge in [0.15, 0.2) is 0 Å². The predicted octanol–water partition coefficient (Wildman–Crippen LogP) is -1.25. The fourth-order valence-corrected chi connectivity index (χ4v) is 2.70. The van der Waals surface area contributed by atoms with Crippen molar-refractivity contribution in [2.45, 2.75) is 75.9 Å². The summed E-state index contributed by atoms with van der Waals surface area (Å²) < 4.78 is 0. The van der Waals surface area contributed by atoms with Crippen molar-refractivity contribution in [2.24, 2.45) is 22.9 Å². The van der Waals surface area contributed by atoms with Gasteiger partial charge in [-0.3, -0.25) is 9.59 Å². The number of carboxylic acid groups (broad SMARTS) is 1. The molecule has 0 bridgehead atoms. The second kappa shape index (κ2) is 16.2. The fourth-order valence-electron chi connectivity index (χ4n) is 2.70. The first-order valence-electron chi connectivity index (χ1n) is 10.1. The number of unbranched alkanes of at least 4 members (excludes halogenated alkanes) is 3. The molecule has 11 N–H and O–H groups in total. The molecule has 0 aliphatic heterocycles. The van der Waals surface area contributed by atoms with E-state index in [1.165, 1.54) is 0 Å². The molecular formula is C18H38N6O4. The highest BCUT2D eigenvalue weighted by atomic mass is 16.4. The molecule has 0 aromatic carbocycles. The minimum Gasteiger partial charge on any atom is -0.480 e. The first kappa shape index (κ1) is 26.2. The molecule has 0 unspecified atom stereocenters. The summed E-state index contributed by atoms with van der Waals surface area (Å²) in [5, 5.41) is 14.5. The Morgan fingerprint density at radius 2 is 1.11 bits per heavy atom. The maximum atomic E-state index is 12.6. The maximum Gasteiger partial charge on any atom is 0.326 e. The highest BCUT2D eigenvalue weighted by Crippen LogP contribution is 2.06.